The predicted octanol–water partition coefficient (Wildman–Crippen LogP) is 2.48. The van der Waals surface area contributed by atoms with Crippen molar-refractivity contribution >= 4 is 28.8 Å². The van der Waals surface area contributed by atoms with E-state index in [0.29, 0.717) is 14.8 Å². The van der Waals surface area contributed by atoms with Gasteiger partial charge < -0.3 is 5.73 Å². The highest BCUT2D eigenvalue weighted by molar-refractivity contribution is 7.07. The van der Waals surface area contributed by atoms with Crippen molar-refractivity contribution in [3.8, 4) is 12.1 Å². The lowest BCUT2D eigenvalue weighted by Gasteiger charge is -2.23. The molecule has 0 spiro atoms. The molecule has 6 heteroatoms. The molecule has 1 aromatic heterocycles. The van der Waals surface area contributed by atoms with Crippen molar-refractivity contribution in [2.45, 2.75) is 19.8 Å². The summed E-state index contributed by atoms with van der Waals surface area (Å²) >= 11 is 1.23. The third-order valence-corrected chi connectivity index (χ3v) is 6.47. The fourth-order valence-electron chi connectivity index (χ4n) is 3.76. The van der Waals surface area contributed by atoms with Crippen LogP contribution in [-0.4, -0.2) is 4.57 Å². The molecule has 0 saturated carbocycles. The van der Waals surface area contributed by atoms with Gasteiger partial charge in [-0.3, -0.25) is 9.36 Å². The number of nitrogens with zero attached hydrogens (tertiary/aromatic N) is 3. The van der Waals surface area contributed by atoms with Gasteiger partial charge >= 0.3 is 0 Å². The van der Waals surface area contributed by atoms with Crippen molar-refractivity contribution in [1.29, 1.82) is 10.5 Å². The fraction of sp³-hybridized carbons (Fsp3) is 0.125. The topological polar surface area (TPSA) is 95.6 Å². The molecule has 2 N–H and O–H groups in total. The minimum atomic E-state index is -0.592. The van der Waals surface area contributed by atoms with Crippen molar-refractivity contribution < 1.29 is 0 Å². The zero-order valence-corrected chi connectivity index (χ0v) is 17.3. The SMILES string of the molecule is Cc1ccccc1C=c1sc2n(c1=O)C(N)=C(C#N)C(c1ccccc1C)C=2C#N. The van der Waals surface area contributed by atoms with Crippen LogP contribution in [0.1, 0.15) is 28.2 Å². The number of nitriles is 2. The van der Waals surface area contributed by atoms with Gasteiger partial charge in [0.2, 0.25) is 0 Å². The van der Waals surface area contributed by atoms with Gasteiger partial charge in [-0.2, -0.15) is 10.5 Å². The molecule has 0 bridgehead atoms. The van der Waals surface area contributed by atoms with Crippen LogP contribution in [0.4, 0.5) is 0 Å². The second-order valence-electron chi connectivity index (χ2n) is 7.14. The number of hydrogen-bond donors (Lipinski definition) is 1. The molecular formula is C24H18N4OS. The van der Waals surface area contributed by atoms with E-state index in [1.807, 2.05) is 68.5 Å². The second kappa shape index (κ2) is 7.51. The Morgan fingerprint density at radius 2 is 1.63 bits per heavy atom. The molecule has 0 radical (unpaired) electrons. The molecule has 1 atom stereocenters. The van der Waals surface area contributed by atoms with E-state index in [0.717, 1.165) is 22.3 Å². The zero-order chi connectivity index (χ0) is 21.4. The lowest BCUT2D eigenvalue weighted by atomic mass is 9.82. The van der Waals surface area contributed by atoms with E-state index < -0.39 is 5.92 Å². The van der Waals surface area contributed by atoms with Crippen LogP contribution in [0.15, 0.2) is 58.9 Å². The number of benzene rings is 2. The first-order chi connectivity index (χ1) is 14.5. The van der Waals surface area contributed by atoms with Gasteiger partial charge in [-0.1, -0.05) is 48.5 Å². The Bertz CT molecular complexity index is 1470. The quantitative estimate of drug-likeness (QED) is 0.702. The van der Waals surface area contributed by atoms with E-state index in [2.05, 4.69) is 12.1 Å². The van der Waals surface area contributed by atoms with Crippen LogP contribution in [0.2, 0.25) is 0 Å². The summed E-state index contributed by atoms with van der Waals surface area (Å²) < 4.78 is 2.26. The van der Waals surface area contributed by atoms with Crippen LogP contribution in [0, 0.1) is 36.5 Å². The molecule has 0 amide bonds. The average Bonchev–Trinajstić information content (AvgIpc) is 3.06. The molecule has 1 unspecified atom stereocenters. The maximum absolute atomic E-state index is 13.2. The van der Waals surface area contributed by atoms with Gasteiger partial charge in [0, 0.05) is 0 Å². The van der Waals surface area contributed by atoms with E-state index in [1.165, 1.54) is 15.9 Å². The Morgan fingerprint density at radius 1 is 1.00 bits per heavy atom. The fourth-order valence-corrected chi connectivity index (χ4v) is 4.88. The summed E-state index contributed by atoms with van der Waals surface area (Å²) in [5.41, 5.74) is 10.3. The van der Waals surface area contributed by atoms with Crippen LogP contribution >= 0.6 is 11.3 Å². The second-order valence-corrected chi connectivity index (χ2v) is 8.17. The molecule has 0 saturated heterocycles. The molecule has 146 valence electrons. The van der Waals surface area contributed by atoms with Crippen LogP contribution in [0.25, 0.3) is 17.5 Å². The summed E-state index contributed by atoms with van der Waals surface area (Å²) in [5, 5.41) is 19.9. The van der Waals surface area contributed by atoms with Crippen molar-refractivity contribution in [1.82, 2.24) is 4.57 Å². The van der Waals surface area contributed by atoms with Crippen molar-refractivity contribution in [2.24, 2.45) is 5.73 Å². The van der Waals surface area contributed by atoms with Gasteiger partial charge in [0.1, 0.15) is 10.5 Å². The maximum Gasteiger partial charge on any atom is 0.274 e. The van der Waals surface area contributed by atoms with E-state index in [9.17, 15) is 15.3 Å². The molecule has 1 aliphatic heterocycles. The van der Waals surface area contributed by atoms with E-state index in [1.54, 1.807) is 0 Å². The Morgan fingerprint density at radius 3 is 2.27 bits per heavy atom. The first-order valence-corrected chi connectivity index (χ1v) is 10.2. The Labute approximate surface area is 177 Å². The molecule has 2 heterocycles. The lowest BCUT2D eigenvalue weighted by Crippen LogP contribution is -2.38. The van der Waals surface area contributed by atoms with Crippen molar-refractivity contribution in [3.63, 3.8) is 0 Å². The zero-order valence-electron chi connectivity index (χ0n) is 16.5. The monoisotopic (exact) mass is 410 g/mol. The van der Waals surface area contributed by atoms with Gasteiger partial charge in [0.05, 0.1) is 33.7 Å². The Balaban J connectivity index is 2.10. The van der Waals surface area contributed by atoms with E-state index in [-0.39, 0.29) is 17.0 Å². The van der Waals surface area contributed by atoms with Crippen LogP contribution < -0.4 is 20.5 Å². The highest BCUT2D eigenvalue weighted by Gasteiger charge is 2.32. The van der Waals surface area contributed by atoms with E-state index >= 15 is 0 Å². The standard InChI is InChI=1S/C24H18N4OS/c1-14-7-3-5-9-16(14)11-20-23(29)28-22(27)18(12-25)21(19(13-26)24(28)30-20)17-10-6-4-8-15(17)2/h3-11,21H,27H2,1-2H3. The summed E-state index contributed by atoms with van der Waals surface area (Å²) in [5.74, 6) is -0.504. The number of rotatable bonds is 2. The van der Waals surface area contributed by atoms with Crippen LogP contribution in [0.3, 0.4) is 0 Å². The number of thiazole rings is 1. The molecule has 1 aliphatic rings. The summed E-state index contributed by atoms with van der Waals surface area (Å²) in [6.07, 6.45) is 1.81. The lowest BCUT2D eigenvalue weighted by molar-refractivity contribution is 0.902. The summed E-state index contributed by atoms with van der Waals surface area (Å²) in [4.78, 5) is 13.2. The van der Waals surface area contributed by atoms with E-state index in [4.69, 9.17) is 5.73 Å². The smallest absolute Gasteiger partial charge is 0.274 e. The number of hydrogen-bond acceptors (Lipinski definition) is 5. The Kier molecular flexibility index (Phi) is 4.87. The van der Waals surface area contributed by atoms with Gasteiger partial charge in [0.25, 0.3) is 5.56 Å². The third kappa shape index (κ3) is 2.95. The number of allylic oxidation sites excluding steroid dienone is 1. The Hall–Kier alpha value is -3.87. The van der Waals surface area contributed by atoms with Crippen LogP contribution in [0.5, 0.6) is 0 Å². The first kappa shape index (κ1) is 19.4. The highest BCUT2D eigenvalue weighted by Crippen LogP contribution is 2.36. The van der Waals surface area contributed by atoms with Crippen LogP contribution in [-0.2, 0) is 0 Å². The molecule has 30 heavy (non-hydrogen) atoms. The van der Waals surface area contributed by atoms with Gasteiger partial charge in [0.15, 0.2) is 0 Å². The normalized spacial score (nSPS) is 16.2. The van der Waals surface area contributed by atoms with Gasteiger partial charge in [-0.25, -0.2) is 0 Å². The molecule has 2 aromatic carbocycles. The summed E-state index contributed by atoms with van der Waals surface area (Å²) in [6.45, 7) is 3.91. The molecule has 5 nitrogen and oxygen atoms in total. The number of aromatic nitrogens is 1. The molecule has 3 aromatic rings. The first-order valence-electron chi connectivity index (χ1n) is 9.37. The molecule has 4 rings (SSSR count). The van der Waals surface area contributed by atoms with Crippen molar-refractivity contribution in [3.05, 3.63) is 95.9 Å². The minimum Gasteiger partial charge on any atom is -0.384 e. The van der Waals surface area contributed by atoms with Crippen molar-refractivity contribution in [2.75, 3.05) is 0 Å². The molecule has 0 aliphatic carbocycles. The average molecular weight is 411 g/mol. The number of fused-ring (bicyclic) bond motifs is 1. The third-order valence-electron chi connectivity index (χ3n) is 5.36. The molecular weight excluding hydrogens is 392 g/mol. The molecule has 0 fully saturated rings. The highest BCUT2D eigenvalue weighted by atomic mass is 32.1. The summed E-state index contributed by atoms with van der Waals surface area (Å²) in [7, 11) is 0. The van der Waals surface area contributed by atoms with Gasteiger partial charge in [-0.05, 0) is 42.2 Å². The summed E-state index contributed by atoms with van der Waals surface area (Å²) in [6, 6.07) is 19.8. The largest absolute Gasteiger partial charge is 0.384 e. The van der Waals surface area contributed by atoms with Gasteiger partial charge in [-0.15, -0.1) is 11.3 Å². The number of aryl methyl sites for hydroxylation is 2. The minimum absolute atomic E-state index is 0.0884. The number of nitrogens with two attached hydrogens (primary N) is 1. The maximum atomic E-state index is 13.2. The predicted molar refractivity (Wildman–Crippen MR) is 119 cm³/mol.